The number of thioether (sulfide) groups is 1. The third-order valence-corrected chi connectivity index (χ3v) is 5.61. The van der Waals surface area contributed by atoms with E-state index in [1.54, 1.807) is 50.3 Å². The summed E-state index contributed by atoms with van der Waals surface area (Å²) in [5.74, 6) is -0.0517. The van der Waals surface area contributed by atoms with E-state index < -0.39 is 0 Å². The smallest absolute Gasteiger partial charge is 0.293 e. The molecular formula is C21H16Cl2N2O3S. The van der Waals surface area contributed by atoms with Crippen molar-refractivity contribution in [3.05, 3.63) is 68.0 Å². The van der Waals surface area contributed by atoms with E-state index in [1.807, 2.05) is 6.07 Å². The highest BCUT2D eigenvalue weighted by Gasteiger charge is 2.36. The van der Waals surface area contributed by atoms with E-state index in [-0.39, 0.29) is 39.6 Å². The van der Waals surface area contributed by atoms with Crippen LogP contribution in [0.1, 0.15) is 30.5 Å². The number of amides is 2. The summed E-state index contributed by atoms with van der Waals surface area (Å²) in [6, 6.07) is 12.2. The Kier molecular flexibility index (Phi) is 6.53. The van der Waals surface area contributed by atoms with Crippen LogP contribution in [0.3, 0.4) is 0 Å². The van der Waals surface area contributed by atoms with Gasteiger partial charge in [-0.25, -0.2) is 0 Å². The lowest BCUT2D eigenvalue weighted by Gasteiger charge is -2.16. The largest absolute Gasteiger partial charge is 0.486 e. The molecule has 1 aliphatic rings. The van der Waals surface area contributed by atoms with Gasteiger partial charge in [0.05, 0.1) is 26.6 Å². The molecule has 2 aromatic rings. The fourth-order valence-electron chi connectivity index (χ4n) is 2.78. The van der Waals surface area contributed by atoms with Crippen LogP contribution >= 0.6 is 35.0 Å². The van der Waals surface area contributed by atoms with E-state index in [9.17, 15) is 9.59 Å². The lowest BCUT2D eigenvalue weighted by molar-refractivity contribution is -0.123. The molecule has 8 heteroatoms. The fourth-order valence-corrected chi connectivity index (χ4v) is 4.36. The molecule has 1 fully saturated rings. The molecule has 5 nitrogen and oxygen atoms in total. The highest BCUT2D eigenvalue weighted by molar-refractivity contribution is 8.18. The Labute approximate surface area is 182 Å². The molecule has 0 bridgehead atoms. The SMILES string of the molecule is CC(C)N1C(=O)S/C(=C/c2cc(Cl)c(OCc3ccccc3C#N)c(Cl)c2)C1=O. The summed E-state index contributed by atoms with van der Waals surface area (Å²) in [4.78, 5) is 26.0. The number of carbonyl (C=O) groups is 2. The van der Waals surface area contributed by atoms with E-state index in [4.69, 9.17) is 33.2 Å². The average Bonchev–Trinajstić information content (AvgIpc) is 2.94. The maximum atomic E-state index is 12.4. The number of halogens is 2. The van der Waals surface area contributed by atoms with E-state index in [2.05, 4.69) is 6.07 Å². The zero-order valence-corrected chi connectivity index (χ0v) is 17.9. The second kappa shape index (κ2) is 8.91. The van der Waals surface area contributed by atoms with Gasteiger partial charge in [-0.15, -0.1) is 0 Å². The van der Waals surface area contributed by atoms with Gasteiger partial charge in [0.15, 0.2) is 5.75 Å². The van der Waals surface area contributed by atoms with Gasteiger partial charge in [0, 0.05) is 11.6 Å². The molecule has 0 unspecified atom stereocenters. The van der Waals surface area contributed by atoms with Crippen LogP contribution in [0.4, 0.5) is 4.79 Å². The molecule has 2 aromatic carbocycles. The van der Waals surface area contributed by atoms with Gasteiger partial charge in [-0.05, 0) is 55.4 Å². The number of hydrogen-bond donors (Lipinski definition) is 0. The number of imide groups is 1. The lowest BCUT2D eigenvalue weighted by Crippen LogP contribution is -2.34. The Morgan fingerprint density at radius 1 is 1.21 bits per heavy atom. The Balaban J connectivity index is 1.82. The van der Waals surface area contributed by atoms with Gasteiger partial charge in [0.25, 0.3) is 11.1 Å². The molecule has 0 saturated carbocycles. The molecule has 2 amide bonds. The van der Waals surface area contributed by atoms with Crippen LogP contribution in [0.15, 0.2) is 41.3 Å². The number of carbonyl (C=O) groups excluding carboxylic acids is 2. The highest BCUT2D eigenvalue weighted by Crippen LogP contribution is 2.38. The second-order valence-corrected chi connectivity index (χ2v) is 8.32. The molecule has 29 heavy (non-hydrogen) atoms. The van der Waals surface area contributed by atoms with Crippen LogP contribution in [0.5, 0.6) is 5.75 Å². The zero-order valence-electron chi connectivity index (χ0n) is 15.6. The van der Waals surface area contributed by atoms with Crippen LogP contribution in [0.2, 0.25) is 10.0 Å². The second-order valence-electron chi connectivity index (χ2n) is 6.52. The number of ether oxygens (including phenoxy) is 1. The minimum Gasteiger partial charge on any atom is -0.486 e. The van der Waals surface area contributed by atoms with Crippen LogP contribution in [0.25, 0.3) is 6.08 Å². The predicted octanol–water partition coefficient (Wildman–Crippen LogP) is 5.89. The number of benzene rings is 2. The first-order chi connectivity index (χ1) is 13.8. The van der Waals surface area contributed by atoms with Crippen LogP contribution < -0.4 is 4.74 Å². The van der Waals surface area contributed by atoms with Gasteiger partial charge >= 0.3 is 0 Å². The van der Waals surface area contributed by atoms with Crippen molar-refractivity contribution in [2.75, 3.05) is 0 Å². The van der Waals surface area contributed by atoms with Crippen molar-refractivity contribution >= 4 is 52.2 Å². The standard InChI is InChI=1S/C21H16Cl2N2O3S/c1-12(2)25-20(26)18(29-21(25)27)9-13-7-16(22)19(17(23)8-13)28-11-15-6-4-3-5-14(15)10-24/h3-9,12H,11H2,1-2H3/b18-9+. The number of nitrogens with zero attached hydrogens (tertiary/aromatic N) is 2. The first kappa shape index (κ1) is 21.3. The minimum atomic E-state index is -0.337. The summed E-state index contributed by atoms with van der Waals surface area (Å²) in [5.41, 5.74) is 1.81. The van der Waals surface area contributed by atoms with Crippen LogP contribution in [-0.2, 0) is 11.4 Å². The Hall–Kier alpha value is -2.46. The van der Waals surface area contributed by atoms with E-state index >= 15 is 0 Å². The molecule has 1 saturated heterocycles. The molecule has 148 valence electrons. The van der Waals surface area contributed by atoms with Crippen molar-refractivity contribution < 1.29 is 14.3 Å². The molecule has 0 aliphatic carbocycles. The summed E-state index contributed by atoms with van der Waals surface area (Å²) in [6.07, 6.45) is 1.58. The molecular weight excluding hydrogens is 431 g/mol. The van der Waals surface area contributed by atoms with Gasteiger partial charge in [0.1, 0.15) is 6.61 Å². The Morgan fingerprint density at radius 2 is 1.86 bits per heavy atom. The third kappa shape index (κ3) is 4.59. The molecule has 0 atom stereocenters. The van der Waals surface area contributed by atoms with Crippen molar-refractivity contribution in [2.45, 2.75) is 26.5 Å². The molecule has 1 aliphatic heterocycles. The summed E-state index contributed by atoms with van der Waals surface area (Å²) in [5, 5.41) is 9.40. The monoisotopic (exact) mass is 446 g/mol. The van der Waals surface area contributed by atoms with Crippen molar-refractivity contribution in [2.24, 2.45) is 0 Å². The quantitative estimate of drug-likeness (QED) is 0.535. The maximum absolute atomic E-state index is 12.4. The first-order valence-corrected chi connectivity index (χ1v) is 10.3. The van der Waals surface area contributed by atoms with Gasteiger partial charge in [-0.2, -0.15) is 5.26 Å². The van der Waals surface area contributed by atoms with Crippen molar-refractivity contribution in [1.29, 1.82) is 5.26 Å². The van der Waals surface area contributed by atoms with Crippen molar-refractivity contribution in [3.8, 4) is 11.8 Å². The molecule has 0 N–H and O–H groups in total. The third-order valence-electron chi connectivity index (χ3n) is 4.17. The molecule has 1 heterocycles. The summed E-state index contributed by atoms with van der Waals surface area (Å²) in [7, 11) is 0. The number of rotatable bonds is 5. The van der Waals surface area contributed by atoms with Gasteiger partial charge < -0.3 is 4.74 Å². The first-order valence-electron chi connectivity index (χ1n) is 8.68. The Bertz CT molecular complexity index is 1040. The molecule has 0 aromatic heterocycles. The van der Waals surface area contributed by atoms with Crippen LogP contribution in [0, 0.1) is 11.3 Å². The van der Waals surface area contributed by atoms with E-state index in [0.717, 1.165) is 11.8 Å². The number of nitriles is 1. The molecule has 0 spiro atoms. The maximum Gasteiger partial charge on any atom is 0.293 e. The highest BCUT2D eigenvalue weighted by atomic mass is 35.5. The summed E-state index contributed by atoms with van der Waals surface area (Å²) in [6.45, 7) is 3.70. The zero-order chi connectivity index (χ0) is 21.1. The average molecular weight is 447 g/mol. The number of hydrogen-bond acceptors (Lipinski definition) is 5. The van der Waals surface area contributed by atoms with Crippen LogP contribution in [-0.4, -0.2) is 22.1 Å². The Morgan fingerprint density at radius 3 is 2.45 bits per heavy atom. The van der Waals surface area contributed by atoms with Gasteiger partial charge in [-0.1, -0.05) is 41.4 Å². The topological polar surface area (TPSA) is 70.4 Å². The van der Waals surface area contributed by atoms with Gasteiger partial charge in [0.2, 0.25) is 0 Å². The summed E-state index contributed by atoms with van der Waals surface area (Å²) < 4.78 is 5.74. The van der Waals surface area contributed by atoms with E-state index in [1.165, 1.54) is 4.90 Å². The summed E-state index contributed by atoms with van der Waals surface area (Å²) >= 11 is 13.5. The minimum absolute atomic E-state index is 0.135. The van der Waals surface area contributed by atoms with Gasteiger partial charge in [-0.3, -0.25) is 14.5 Å². The van der Waals surface area contributed by atoms with E-state index in [0.29, 0.717) is 21.6 Å². The van der Waals surface area contributed by atoms with Crippen molar-refractivity contribution in [3.63, 3.8) is 0 Å². The predicted molar refractivity (Wildman–Crippen MR) is 115 cm³/mol. The molecule has 0 radical (unpaired) electrons. The fraction of sp³-hybridized carbons (Fsp3) is 0.190. The lowest BCUT2D eigenvalue weighted by atomic mass is 10.1. The molecule has 3 rings (SSSR count). The normalized spacial score (nSPS) is 15.3. The van der Waals surface area contributed by atoms with Crippen molar-refractivity contribution in [1.82, 2.24) is 4.90 Å².